The minimum absolute atomic E-state index is 0.0195. The Balaban J connectivity index is 2.62. The van der Waals surface area contributed by atoms with Gasteiger partial charge in [0.2, 0.25) is 10.0 Å². The van der Waals surface area contributed by atoms with Crippen molar-refractivity contribution in [2.24, 2.45) is 0 Å². The Kier molecular flexibility index (Phi) is 5.68. The molecule has 1 rings (SSSR count). The molecule has 0 N–H and O–H groups in total. The third-order valence-electron chi connectivity index (χ3n) is 2.91. The molecule has 0 aromatic heterocycles. The maximum Gasteiger partial charge on any atom is 0.451 e. The molecule has 134 valence electrons. The number of alkyl halides is 3. The van der Waals surface area contributed by atoms with Gasteiger partial charge in [0.25, 0.3) is 5.78 Å². The number of ketones is 1. The van der Waals surface area contributed by atoms with E-state index in [2.05, 4.69) is 0 Å². The molecule has 0 radical (unpaired) electrons. The molecule has 1 amide bonds. The maximum absolute atomic E-state index is 12.2. The van der Waals surface area contributed by atoms with Crippen LogP contribution in [0.3, 0.4) is 0 Å². The van der Waals surface area contributed by atoms with Gasteiger partial charge < -0.3 is 9.64 Å². The molecular formula is C12H19F3N2O5S. The third-order valence-corrected chi connectivity index (χ3v) is 4.69. The van der Waals surface area contributed by atoms with Crippen molar-refractivity contribution in [3.05, 3.63) is 0 Å². The van der Waals surface area contributed by atoms with Gasteiger partial charge in [-0.2, -0.15) is 17.5 Å². The number of amides is 1. The average molecular weight is 360 g/mol. The molecule has 0 atom stereocenters. The zero-order valence-corrected chi connectivity index (χ0v) is 13.8. The second-order valence-corrected chi connectivity index (χ2v) is 8.01. The minimum atomic E-state index is -5.19. The first-order valence-electron chi connectivity index (χ1n) is 6.78. The van der Waals surface area contributed by atoms with Gasteiger partial charge >= 0.3 is 12.3 Å². The van der Waals surface area contributed by atoms with Crippen LogP contribution in [-0.2, 0) is 19.6 Å². The molecule has 1 heterocycles. The highest BCUT2D eigenvalue weighted by Gasteiger charge is 2.42. The summed E-state index contributed by atoms with van der Waals surface area (Å²) in [4.78, 5) is 23.9. The molecule has 0 aliphatic carbocycles. The van der Waals surface area contributed by atoms with Crippen molar-refractivity contribution in [3.8, 4) is 0 Å². The lowest BCUT2D eigenvalue weighted by molar-refractivity contribution is -0.168. The zero-order chi connectivity index (χ0) is 18.1. The van der Waals surface area contributed by atoms with Crippen molar-refractivity contribution >= 4 is 21.9 Å². The van der Waals surface area contributed by atoms with E-state index in [0.29, 0.717) is 0 Å². The second-order valence-electron chi connectivity index (χ2n) is 6.04. The predicted molar refractivity (Wildman–Crippen MR) is 74.2 cm³/mol. The third kappa shape index (κ3) is 5.98. The fourth-order valence-corrected chi connectivity index (χ4v) is 3.21. The van der Waals surface area contributed by atoms with E-state index in [1.807, 2.05) is 0 Å². The number of ether oxygens (including phenoxy) is 1. The summed E-state index contributed by atoms with van der Waals surface area (Å²) in [5.41, 5.74) is -0.709. The summed E-state index contributed by atoms with van der Waals surface area (Å²) in [5.74, 6) is -3.93. The minimum Gasteiger partial charge on any atom is -0.444 e. The van der Waals surface area contributed by atoms with E-state index in [4.69, 9.17) is 4.74 Å². The van der Waals surface area contributed by atoms with Crippen LogP contribution in [0.25, 0.3) is 0 Å². The van der Waals surface area contributed by atoms with Crippen LogP contribution < -0.4 is 0 Å². The van der Waals surface area contributed by atoms with Gasteiger partial charge in [-0.05, 0) is 20.8 Å². The fourth-order valence-electron chi connectivity index (χ4n) is 1.81. The van der Waals surface area contributed by atoms with Gasteiger partial charge in [0, 0.05) is 26.2 Å². The lowest BCUT2D eigenvalue weighted by Gasteiger charge is -2.34. The highest BCUT2D eigenvalue weighted by Crippen LogP contribution is 2.19. The van der Waals surface area contributed by atoms with Gasteiger partial charge in [0.15, 0.2) is 0 Å². The van der Waals surface area contributed by atoms with Crippen LogP contribution >= 0.6 is 0 Å². The molecule has 1 aliphatic rings. The van der Waals surface area contributed by atoms with Gasteiger partial charge in [-0.1, -0.05) is 0 Å². The Morgan fingerprint density at radius 1 is 1.04 bits per heavy atom. The molecule has 1 aliphatic heterocycles. The topological polar surface area (TPSA) is 84.0 Å². The smallest absolute Gasteiger partial charge is 0.444 e. The standard InChI is InChI=1S/C12H19F3N2O5S/c1-11(2,3)22-10(19)16-4-6-17(7-5-16)23(20,21)8-9(18)12(13,14)15/h4-8H2,1-3H3. The molecule has 1 fully saturated rings. The van der Waals surface area contributed by atoms with Crippen molar-refractivity contribution in [1.29, 1.82) is 0 Å². The molecule has 0 aromatic carbocycles. The van der Waals surface area contributed by atoms with Crippen LogP contribution in [0.1, 0.15) is 20.8 Å². The van der Waals surface area contributed by atoms with Crippen LogP contribution in [0.2, 0.25) is 0 Å². The Bertz CT molecular complexity index is 560. The summed E-state index contributed by atoms with van der Waals surface area (Å²) in [7, 11) is -4.36. The van der Waals surface area contributed by atoms with Crippen molar-refractivity contribution in [1.82, 2.24) is 9.21 Å². The summed E-state index contributed by atoms with van der Waals surface area (Å²) in [6.07, 6.45) is -5.81. The van der Waals surface area contributed by atoms with Crippen LogP contribution in [0.5, 0.6) is 0 Å². The van der Waals surface area contributed by atoms with Crippen molar-refractivity contribution in [2.75, 3.05) is 31.9 Å². The zero-order valence-electron chi connectivity index (χ0n) is 13.0. The van der Waals surface area contributed by atoms with Crippen LogP contribution in [-0.4, -0.2) is 73.2 Å². The summed E-state index contributed by atoms with van der Waals surface area (Å²) < 4.78 is 66.0. The van der Waals surface area contributed by atoms with Crippen LogP contribution in [0, 0.1) is 0 Å². The molecule has 11 heteroatoms. The van der Waals surface area contributed by atoms with Gasteiger partial charge in [-0.15, -0.1) is 0 Å². The van der Waals surface area contributed by atoms with Crippen molar-refractivity contribution in [3.63, 3.8) is 0 Å². The molecule has 1 saturated heterocycles. The quantitative estimate of drug-likeness (QED) is 0.750. The van der Waals surface area contributed by atoms with Gasteiger partial charge in [0.1, 0.15) is 11.4 Å². The fraction of sp³-hybridized carbons (Fsp3) is 0.833. The van der Waals surface area contributed by atoms with Gasteiger partial charge in [-0.3, -0.25) is 4.79 Å². The molecule has 0 spiro atoms. The predicted octanol–water partition coefficient (Wildman–Crippen LogP) is 1.00. The Hall–Kier alpha value is -1.36. The van der Waals surface area contributed by atoms with Crippen LogP contribution in [0.15, 0.2) is 0 Å². The largest absolute Gasteiger partial charge is 0.451 e. The molecule has 7 nitrogen and oxygen atoms in total. The lowest BCUT2D eigenvalue weighted by Crippen LogP contribution is -2.52. The number of halogens is 3. The van der Waals surface area contributed by atoms with Crippen LogP contribution in [0.4, 0.5) is 18.0 Å². The van der Waals surface area contributed by atoms with E-state index in [1.54, 1.807) is 20.8 Å². The van der Waals surface area contributed by atoms with E-state index >= 15 is 0 Å². The highest BCUT2D eigenvalue weighted by molar-refractivity contribution is 7.89. The Labute approximate surface area is 132 Å². The number of piperazine rings is 1. The molecular weight excluding hydrogens is 341 g/mol. The number of hydrogen-bond acceptors (Lipinski definition) is 5. The van der Waals surface area contributed by atoms with E-state index in [0.717, 1.165) is 4.31 Å². The van der Waals surface area contributed by atoms with E-state index in [-0.39, 0.29) is 26.2 Å². The lowest BCUT2D eigenvalue weighted by atomic mass is 10.2. The summed E-state index contributed by atoms with van der Waals surface area (Å²) in [6, 6.07) is 0. The number of rotatable bonds is 3. The molecule has 0 saturated carbocycles. The first-order chi connectivity index (χ1) is 10.2. The number of carbonyl (C=O) groups excluding carboxylic acids is 2. The monoisotopic (exact) mass is 360 g/mol. The summed E-state index contributed by atoms with van der Waals surface area (Å²) in [5, 5.41) is 0. The first-order valence-corrected chi connectivity index (χ1v) is 8.39. The average Bonchev–Trinajstić information content (AvgIpc) is 2.35. The molecule has 0 bridgehead atoms. The van der Waals surface area contributed by atoms with Crippen molar-refractivity contribution < 1.29 is 35.9 Å². The number of nitrogens with zero attached hydrogens (tertiary/aromatic N) is 2. The number of carbonyl (C=O) groups is 2. The van der Waals surface area contributed by atoms with E-state index < -0.39 is 39.4 Å². The Morgan fingerprint density at radius 3 is 1.91 bits per heavy atom. The summed E-state index contributed by atoms with van der Waals surface area (Å²) >= 11 is 0. The van der Waals surface area contributed by atoms with E-state index in [1.165, 1.54) is 4.90 Å². The summed E-state index contributed by atoms with van der Waals surface area (Å²) in [6.45, 7) is 4.61. The van der Waals surface area contributed by atoms with Gasteiger partial charge in [-0.25, -0.2) is 13.2 Å². The maximum atomic E-state index is 12.2. The van der Waals surface area contributed by atoms with E-state index in [9.17, 15) is 31.2 Å². The SMILES string of the molecule is CC(C)(C)OC(=O)N1CCN(S(=O)(=O)CC(=O)C(F)(F)F)CC1. The normalized spacial score (nSPS) is 17.9. The molecule has 0 unspecified atom stereocenters. The first kappa shape index (κ1) is 19.7. The van der Waals surface area contributed by atoms with Gasteiger partial charge in [0.05, 0.1) is 0 Å². The second kappa shape index (κ2) is 6.63. The number of Topliss-reactive ketones (excluding diaryl/α,β-unsaturated/α-hetero) is 1. The number of sulfonamides is 1. The Morgan fingerprint density at radius 2 is 1.52 bits per heavy atom. The number of hydrogen-bond donors (Lipinski definition) is 0. The molecule has 0 aromatic rings. The molecule has 23 heavy (non-hydrogen) atoms. The highest BCUT2D eigenvalue weighted by atomic mass is 32.2. The van der Waals surface area contributed by atoms with Crippen molar-refractivity contribution in [2.45, 2.75) is 32.5 Å².